The Hall–Kier alpha value is -2.46. The Labute approximate surface area is 145 Å². The summed E-state index contributed by atoms with van der Waals surface area (Å²) < 4.78 is 3.24. The molecule has 2 N–H and O–H groups in total. The maximum Gasteiger partial charge on any atom is 0.229 e. The molecule has 0 saturated carbocycles. The van der Waals surface area contributed by atoms with E-state index in [0.29, 0.717) is 17.5 Å². The van der Waals surface area contributed by atoms with Gasteiger partial charge in [-0.1, -0.05) is 35.2 Å². The van der Waals surface area contributed by atoms with Crippen molar-refractivity contribution in [1.29, 1.82) is 0 Å². The molecule has 3 aromatic heterocycles. The summed E-state index contributed by atoms with van der Waals surface area (Å²) in [7, 11) is 3.73. The van der Waals surface area contributed by atoms with Crippen molar-refractivity contribution in [3.8, 4) is 0 Å². The van der Waals surface area contributed by atoms with Crippen LogP contribution in [-0.4, -0.2) is 43.6 Å². The second-order valence-electron chi connectivity index (χ2n) is 5.26. The zero-order valence-corrected chi connectivity index (χ0v) is 14.7. The number of benzene rings is 1. The average molecular weight is 358 g/mol. The monoisotopic (exact) mass is 358 g/mol. The molecule has 0 bridgehead atoms. The van der Waals surface area contributed by atoms with E-state index in [-0.39, 0.29) is 5.95 Å². The van der Waals surface area contributed by atoms with Crippen LogP contribution in [0.5, 0.6) is 0 Å². The van der Waals surface area contributed by atoms with Gasteiger partial charge < -0.3 is 10.6 Å². The minimum Gasteiger partial charge on any atom is -0.368 e. The lowest BCUT2D eigenvalue weighted by molar-refractivity contribution is 0.909. The van der Waals surface area contributed by atoms with Crippen molar-refractivity contribution in [2.75, 3.05) is 24.7 Å². The van der Waals surface area contributed by atoms with Crippen LogP contribution in [0.3, 0.4) is 0 Å². The molecular formula is C14H14N8S2. The molecule has 0 spiro atoms. The molecule has 4 aromatic rings. The fraction of sp³-hybridized carbons (Fsp3) is 0.214. The molecule has 10 heteroatoms. The lowest BCUT2D eigenvalue weighted by atomic mass is 10.3. The smallest absolute Gasteiger partial charge is 0.229 e. The molecule has 0 amide bonds. The van der Waals surface area contributed by atoms with Gasteiger partial charge in [0.1, 0.15) is 5.82 Å². The van der Waals surface area contributed by atoms with E-state index in [1.165, 1.54) is 16.5 Å². The molecule has 0 saturated heterocycles. The zero-order chi connectivity index (χ0) is 16.7. The number of nitrogen functional groups attached to an aromatic ring is 1. The second-order valence-corrected chi connectivity index (χ2v) is 7.21. The number of fused-ring (bicyclic) bond motifs is 3. The standard InChI is InChI=1S/C14H14N8S2/c1-21(2)12-17-10(16-11(15)18-12)7-23-13-19-20-14-22(13)8-5-3-4-6-9(8)24-14/h3-6H,7H2,1-2H3,(H2,15,16,17,18). The maximum atomic E-state index is 5.76. The van der Waals surface area contributed by atoms with E-state index in [1.807, 2.05) is 26.2 Å². The van der Waals surface area contributed by atoms with Crippen LogP contribution in [0.4, 0.5) is 11.9 Å². The lowest BCUT2D eigenvalue weighted by Crippen LogP contribution is -2.15. The number of hydrogen-bond acceptors (Lipinski definition) is 9. The highest BCUT2D eigenvalue weighted by molar-refractivity contribution is 7.98. The van der Waals surface area contributed by atoms with Gasteiger partial charge in [0.15, 0.2) is 5.16 Å². The van der Waals surface area contributed by atoms with E-state index in [0.717, 1.165) is 15.6 Å². The highest BCUT2D eigenvalue weighted by Crippen LogP contribution is 2.30. The third kappa shape index (κ3) is 2.63. The third-order valence-corrected chi connectivity index (χ3v) is 5.27. The highest BCUT2D eigenvalue weighted by atomic mass is 32.2. The topological polar surface area (TPSA) is 98.1 Å². The number of rotatable bonds is 4. The van der Waals surface area contributed by atoms with Gasteiger partial charge in [-0.25, -0.2) is 0 Å². The van der Waals surface area contributed by atoms with E-state index in [9.17, 15) is 0 Å². The lowest BCUT2D eigenvalue weighted by Gasteiger charge is -2.10. The number of thioether (sulfide) groups is 1. The van der Waals surface area contributed by atoms with E-state index in [1.54, 1.807) is 16.2 Å². The van der Waals surface area contributed by atoms with Gasteiger partial charge in [-0.15, -0.1) is 10.2 Å². The fourth-order valence-electron chi connectivity index (χ4n) is 2.27. The number of aromatic nitrogens is 6. The van der Waals surface area contributed by atoms with Crippen molar-refractivity contribution in [2.45, 2.75) is 10.9 Å². The van der Waals surface area contributed by atoms with Crippen molar-refractivity contribution >= 4 is 50.2 Å². The first-order valence-corrected chi connectivity index (χ1v) is 8.95. The Morgan fingerprint density at radius 2 is 2.00 bits per heavy atom. The van der Waals surface area contributed by atoms with Gasteiger partial charge in [-0.05, 0) is 12.1 Å². The third-order valence-electron chi connectivity index (χ3n) is 3.33. The fourth-order valence-corrected chi connectivity index (χ4v) is 4.09. The average Bonchev–Trinajstić information content (AvgIpc) is 3.11. The minimum absolute atomic E-state index is 0.219. The van der Waals surface area contributed by atoms with Crippen molar-refractivity contribution in [3.63, 3.8) is 0 Å². The Kier molecular flexibility index (Phi) is 3.69. The molecule has 0 aliphatic carbocycles. The predicted octanol–water partition coefficient (Wildman–Crippen LogP) is 2.07. The van der Waals surface area contributed by atoms with Crippen LogP contribution in [-0.2, 0) is 5.75 Å². The second kappa shape index (κ2) is 5.87. The number of hydrogen-bond donors (Lipinski definition) is 1. The van der Waals surface area contributed by atoms with Crippen LogP contribution in [0.15, 0.2) is 29.4 Å². The van der Waals surface area contributed by atoms with E-state index < -0.39 is 0 Å². The van der Waals surface area contributed by atoms with Crippen molar-refractivity contribution in [2.24, 2.45) is 0 Å². The maximum absolute atomic E-state index is 5.76. The minimum atomic E-state index is 0.219. The summed E-state index contributed by atoms with van der Waals surface area (Å²) in [6.45, 7) is 0. The molecular weight excluding hydrogens is 344 g/mol. The van der Waals surface area contributed by atoms with Gasteiger partial charge in [0.2, 0.25) is 16.9 Å². The summed E-state index contributed by atoms with van der Waals surface area (Å²) in [5.74, 6) is 1.92. The van der Waals surface area contributed by atoms with Gasteiger partial charge in [-0.2, -0.15) is 15.0 Å². The molecule has 1 aromatic carbocycles. The molecule has 0 radical (unpaired) electrons. The summed E-state index contributed by atoms with van der Waals surface area (Å²) >= 11 is 3.15. The van der Waals surface area contributed by atoms with Crippen molar-refractivity contribution in [3.05, 3.63) is 30.1 Å². The molecule has 0 aliphatic heterocycles. The first kappa shape index (κ1) is 15.1. The molecule has 8 nitrogen and oxygen atoms in total. The molecule has 4 rings (SSSR count). The van der Waals surface area contributed by atoms with Crippen molar-refractivity contribution < 1.29 is 0 Å². The van der Waals surface area contributed by atoms with Crippen LogP contribution in [0.25, 0.3) is 15.2 Å². The van der Waals surface area contributed by atoms with Crippen LogP contribution in [0, 0.1) is 0 Å². The van der Waals surface area contributed by atoms with Crippen LogP contribution < -0.4 is 10.6 Å². The van der Waals surface area contributed by atoms with E-state index in [2.05, 4.69) is 41.7 Å². The van der Waals surface area contributed by atoms with Gasteiger partial charge in [-0.3, -0.25) is 4.40 Å². The van der Waals surface area contributed by atoms with Crippen molar-refractivity contribution in [1.82, 2.24) is 29.5 Å². The predicted molar refractivity (Wildman–Crippen MR) is 96.5 cm³/mol. The molecule has 24 heavy (non-hydrogen) atoms. The molecule has 0 fully saturated rings. The molecule has 122 valence electrons. The largest absolute Gasteiger partial charge is 0.368 e. The molecule has 0 unspecified atom stereocenters. The highest BCUT2D eigenvalue weighted by Gasteiger charge is 2.14. The van der Waals surface area contributed by atoms with Crippen LogP contribution in [0.1, 0.15) is 5.82 Å². The van der Waals surface area contributed by atoms with Gasteiger partial charge >= 0.3 is 0 Å². The van der Waals surface area contributed by atoms with Gasteiger partial charge in [0.25, 0.3) is 0 Å². The quantitative estimate of drug-likeness (QED) is 0.554. The number of anilines is 2. The number of thiazole rings is 1. The number of para-hydroxylation sites is 1. The summed E-state index contributed by atoms with van der Waals surface area (Å²) in [5.41, 5.74) is 6.87. The Balaban J connectivity index is 1.66. The summed E-state index contributed by atoms with van der Waals surface area (Å²) in [6.07, 6.45) is 0. The Bertz CT molecular complexity index is 1020. The summed E-state index contributed by atoms with van der Waals surface area (Å²) in [4.78, 5) is 15.4. The molecule has 0 atom stereocenters. The van der Waals surface area contributed by atoms with Crippen LogP contribution >= 0.6 is 23.1 Å². The first-order valence-electron chi connectivity index (χ1n) is 7.15. The van der Waals surface area contributed by atoms with E-state index in [4.69, 9.17) is 5.73 Å². The normalized spacial score (nSPS) is 11.4. The van der Waals surface area contributed by atoms with Crippen LogP contribution in [0.2, 0.25) is 0 Å². The Morgan fingerprint density at radius 3 is 2.83 bits per heavy atom. The Morgan fingerprint density at radius 1 is 1.17 bits per heavy atom. The van der Waals surface area contributed by atoms with Gasteiger partial charge in [0.05, 0.1) is 16.0 Å². The first-order chi connectivity index (χ1) is 11.6. The molecule has 3 heterocycles. The summed E-state index contributed by atoms with van der Waals surface area (Å²) in [5, 5.41) is 9.34. The number of nitrogens with zero attached hydrogens (tertiary/aromatic N) is 7. The van der Waals surface area contributed by atoms with Gasteiger partial charge in [0, 0.05) is 14.1 Å². The summed E-state index contributed by atoms with van der Waals surface area (Å²) in [6, 6.07) is 8.18. The number of nitrogens with two attached hydrogens (primary N) is 1. The van der Waals surface area contributed by atoms with E-state index >= 15 is 0 Å². The SMILES string of the molecule is CN(C)c1nc(N)nc(CSc2nnc3sc4ccccc4n23)n1. The molecule has 0 aliphatic rings. The zero-order valence-electron chi connectivity index (χ0n) is 13.0.